The molecule has 4 N–H and O–H groups in total. The molecule has 3 aromatic rings. The van der Waals surface area contributed by atoms with Gasteiger partial charge < -0.3 is 16.0 Å². The number of aromatic amines is 1. The minimum absolute atomic E-state index is 0.429. The monoisotopic (exact) mass is 278 g/mol. The van der Waals surface area contributed by atoms with Crippen LogP contribution in [0.2, 0.25) is 0 Å². The van der Waals surface area contributed by atoms with Crippen molar-refractivity contribution in [3.05, 3.63) is 53.6 Å². The molecule has 0 spiro atoms. The van der Waals surface area contributed by atoms with Crippen LogP contribution in [0, 0.1) is 0 Å². The number of rotatable bonds is 2. The van der Waals surface area contributed by atoms with E-state index in [1.807, 2.05) is 18.2 Å². The molecule has 4 rings (SSSR count). The molecular formula is C17H18N4. The predicted molar refractivity (Wildman–Crippen MR) is 86.4 cm³/mol. The molecule has 1 heterocycles. The van der Waals surface area contributed by atoms with E-state index in [2.05, 4.69) is 39.6 Å². The van der Waals surface area contributed by atoms with E-state index in [0.717, 1.165) is 41.9 Å². The molecule has 1 aliphatic carbocycles. The number of anilines is 2. The van der Waals surface area contributed by atoms with Crippen LogP contribution in [-0.2, 0) is 12.8 Å². The smallest absolute Gasteiger partial charge is 0.201 e. The maximum atomic E-state index is 5.80. The van der Waals surface area contributed by atoms with Crippen molar-refractivity contribution in [2.45, 2.75) is 25.3 Å². The Morgan fingerprint density at radius 1 is 1.14 bits per heavy atom. The number of benzene rings is 2. The van der Waals surface area contributed by atoms with Crippen LogP contribution in [0.5, 0.6) is 0 Å². The van der Waals surface area contributed by atoms with E-state index in [1.54, 1.807) is 0 Å². The highest BCUT2D eigenvalue weighted by atomic mass is 15.1. The highest BCUT2D eigenvalue weighted by molar-refractivity contribution is 5.80. The Labute approximate surface area is 123 Å². The van der Waals surface area contributed by atoms with Crippen LogP contribution >= 0.6 is 0 Å². The zero-order chi connectivity index (χ0) is 14.2. The van der Waals surface area contributed by atoms with Crippen molar-refractivity contribution in [3.63, 3.8) is 0 Å². The number of nitrogens with zero attached hydrogens (tertiary/aromatic N) is 1. The van der Waals surface area contributed by atoms with E-state index >= 15 is 0 Å². The number of hydrogen-bond donors (Lipinski definition) is 3. The number of nitrogens with one attached hydrogen (secondary N) is 2. The van der Waals surface area contributed by atoms with Gasteiger partial charge in [-0.3, -0.25) is 0 Å². The minimum Gasteiger partial charge on any atom is -0.399 e. The average molecular weight is 278 g/mol. The third kappa shape index (κ3) is 2.33. The number of imidazole rings is 1. The third-order valence-corrected chi connectivity index (χ3v) is 4.19. The second-order valence-corrected chi connectivity index (χ2v) is 5.71. The first-order valence-electron chi connectivity index (χ1n) is 7.36. The molecule has 0 amide bonds. The van der Waals surface area contributed by atoms with E-state index in [1.165, 1.54) is 11.1 Å². The summed E-state index contributed by atoms with van der Waals surface area (Å²) in [6.07, 6.45) is 3.31. The fourth-order valence-corrected chi connectivity index (χ4v) is 3.11. The maximum absolute atomic E-state index is 5.80. The predicted octanol–water partition coefficient (Wildman–Crippen LogP) is 3.11. The Bertz CT molecular complexity index is 790. The maximum Gasteiger partial charge on any atom is 0.201 e. The van der Waals surface area contributed by atoms with Crippen molar-refractivity contribution in [2.75, 3.05) is 11.1 Å². The van der Waals surface area contributed by atoms with Crippen LogP contribution in [-0.4, -0.2) is 16.0 Å². The number of nitrogens with two attached hydrogens (primary N) is 1. The fraction of sp³-hybridized carbons (Fsp3) is 0.235. The number of H-pyrrole nitrogens is 1. The van der Waals surface area contributed by atoms with Gasteiger partial charge in [0.1, 0.15) is 0 Å². The summed E-state index contributed by atoms with van der Waals surface area (Å²) in [5.41, 5.74) is 11.4. The topological polar surface area (TPSA) is 66.7 Å². The fourth-order valence-electron chi connectivity index (χ4n) is 3.11. The summed E-state index contributed by atoms with van der Waals surface area (Å²) in [5.74, 6) is 0.833. The lowest BCUT2D eigenvalue weighted by molar-refractivity contribution is 0.607. The van der Waals surface area contributed by atoms with Gasteiger partial charge in [-0.1, -0.05) is 24.3 Å². The van der Waals surface area contributed by atoms with Crippen LogP contribution < -0.4 is 11.1 Å². The van der Waals surface area contributed by atoms with Crippen molar-refractivity contribution in [3.8, 4) is 0 Å². The summed E-state index contributed by atoms with van der Waals surface area (Å²) in [6, 6.07) is 14.9. The first-order valence-corrected chi connectivity index (χ1v) is 7.36. The molecule has 21 heavy (non-hydrogen) atoms. The lowest BCUT2D eigenvalue weighted by Gasteiger charge is -2.25. The summed E-state index contributed by atoms with van der Waals surface area (Å²) in [6.45, 7) is 0. The normalized spacial score (nSPS) is 17.6. The molecule has 0 saturated carbocycles. The van der Waals surface area contributed by atoms with Gasteiger partial charge in [-0.05, 0) is 48.6 Å². The van der Waals surface area contributed by atoms with Crippen LogP contribution in [0.25, 0.3) is 11.0 Å². The van der Waals surface area contributed by atoms with E-state index in [9.17, 15) is 0 Å². The molecular weight excluding hydrogens is 260 g/mol. The van der Waals surface area contributed by atoms with Gasteiger partial charge in [-0.15, -0.1) is 0 Å². The van der Waals surface area contributed by atoms with Gasteiger partial charge in [0.2, 0.25) is 5.95 Å². The zero-order valence-electron chi connectivity index (χ0n) is 11.8. The largest absolute Gasteiger partial charge is 0.399 e. The molecule has 0 radical (unpaired) electrons. The molecule has 2 aromatic carbocycles. The highest BCUT2D eigenvalue weighted by Gasteiger charge is 2.18. The summed E-state index contributed by atoms with van der Waals surface area (Å²) in [5, 5.41) is 3.52. The van der Waals surface area contributed by atoms with E-state index in [-0.39, 0.29) is 0 Å². The molecule has 0 saturated heterocycles. The summed E-state index contributed by atoms with van der Waals surface area (Å²) < 4.78 is 0. The van der Waals surface area contributed by atoms with Gasteiger partial charge in [-0.25, -0.2) is 4.98 Å². The first-order chi connectivity index (χ1) is 10.3. The third-order valence-electron chi connectivity index (χ3n) is 4.19. The van der Waals surface area contributed by atoms with Crippen LogP contribution in [0.3, 0.4) is 0 Å². The number of nitrogen functional groups attached to an aromatic ring is 1. The first kappa shape index (κ1) is 12.3. The minimum atomic E-state index is 0.429. The zero-order valence-corrected chi connectivity index (χ0v) is 11.8. The van der Waals surface area contributed by atoms with Crippen molar-refractivity contribution in [1.29, 1.82) is 0 Å². The van der Waals surface area contributed by atoms with E-state index in [0.29, 0.717) is 6.04 Å². The number of hydrogen-bond acceptors (Lipinski definition) is 3. The Kier molecular flexibility index (Phi) is 2.81. The molecule has 0 fully saturated rings. The molecule has 0 aliphatic heterocycles. The standard InChI is InChI=1S/C17H18N4/c18-13-6-8-15-16(10-13)21-17(20-15)19-14-7-5-11-3-1-2-4-12(11)9-14/h1-4,6,8,10,14H,5,7,9,18H2,(H2,19,20,21). The lowest BCUT2D eigenvalue weighted by Crippen LogP contribution is -2.27. The summed E-state index contributed by atoms with van der Waals surface area (Å²) >= 11 is 0. The summed E-state index contributed by atoms with van der Waals surface area (Å²) in [4.78, 5) is 7.89. The van der Waals surface area contributed by atoms with Gasteiger partial charge in [-0.2, -0.15) is 0 Å². The number of fused-ring (bicyclic) bond motifs is 2. The molecule has 106 valence electrons. The van der Waals surface area contributed by atoms with Gasteiger partial charge in [0, 0.05) is 11.7 Å². The van der Waals surface area contributed by atoms with E-state index in [4.69, 9.17) is 5.73 Å². The Hall–Kier alpha value is -2.49. The van der Waals surface area contributed by atoms with Gasteiger partial charge in [0.15, 0.2) is 0 Å². The molecule has 4 nitrogen and oxygen atoms in total. The quantitative estimate of drug-likeness (QED) is 0.631. The van der Waals surface area contributed by atoms with Crippen molar-refractivity contribution >= 4 is 22.7 Å². The number of aryl methyl sites for hydroxylation is 1. The molecule has 1 atom stereocenters. The van der Waals surface area contributed by atoms with Gasteiger partial charge in [0.25, 0.3) is 0 Å². The molecule has 1 aliphatic rings. The lowest BCUT2D eigenvalue weighted by atomic mass is 9.88. The van der Waals surface area contributed by atoms with Crippen LogP contribution in [0.4, 0.5) is 11.6 Å². The Morgan fingerprint density at radius 3 is 2.90 bits per heavy atom. The number of aromatic nitrogens is 2. The SMILES string of the molecule is Nc1ccc2nc(NC3CCc4ccccc4C3)[nH]c2c1. The molecule has 1 aromatic heterocycles. The van der Waals surface area contributed by atoms with Gasteiger partial charge >= 0.3 is 0 Å². The van der Waals surface area contributed by atoms with Crippen LogP contribution in [0.1, 0.15) is 17.5 Å². The second kappa shape index (κ2) is 4.81. The molecule has 0 bridgehead atoms. The van der Waals surface area contributed by atoms with Crippen LogP contribution in [0.15, 0.2) is 42.5 Å². The molecule has 4 heteroatoms. The van der Waals surface area contributed by atoms with Crippen molar-refractivity contribution in [2.24, 2.45) is 0 Å². The average Bonchev–Trinajstić information content (AvgIpc) is 2.88. The second-order valence-electron chi connectivity index (χ2n) is 5.71. The Balaban J connectivity index is 1.55. The Morgan fingerprint density at radius 2 is 2.00 bits per heavy atom. The van der Waals surface area contributed by atoms with Crippen molar-refractivity contribution < 1.29 is 0 Å². The summed E-state index contributed by atoms with van der Waals surface area (Å²) in [7, 11) is 0. The van der Waals surface area contributed by atoms with E-state index < -0.39 is 0 Å². The van der Waals surface area contributed by atoms with Gasteiger partial charge in [0.05, 0.1) is 11.0 Å². The molecule has 1 unspecified atom stereocenters. The van der Waals surface area contributed by atoms with Crippen molar-refractivity contribution in [1.82, 2.24) is 9.97 Å². The highest BCUT2D eigenvalue weighted by Crippen LogP contribution is 2.24.